The lowest BCUT2D eigenvalue weighted by molar-refractivity contribution is 0.262. The van der Waals surface area contributed by atoms with E-state index in [0.717, 1.165) is 23.4 Å². The first-order chi connectivity index (χ1) is 10.2. The van der Waals surface area contributed by atoms with E-state index >= 15 is 0 Å². The molecule has 0 bridgehead atoms. The van der Waals surface area contributed by atoms with E-state index in [1.54, 1.807) is 0 Å². The monoisotopic (exact) mass is 298 g/mol. The Morgan fingerprint density at radius 1 is 1.14 bits per heavy atom. The van der Waals surface area contributed by atoms with Gasteiger partial charge in [-0.3, -0.25) is 0 Å². The van der Waals surface area contributed by atoms with Gasteiger partial charge in [0, 0.05) is 17.7 Å². The Kier molecular flexibility index (Phi) is 4.06. The summed E-state index contributed by atoms with van der Waals surface area (Å²) in [6, 6.07) is 16.5. The fourth-order valence-electron chi connectivity index (χ4n) is 2.45. The summed E-state index contributed by atoms with van der Waals surface area (Å²) in [5.74, 6) is 0.944. The number of hydrogen-bond acceptors (Lipinski definition) is 2. The zero-order chi connectivity index (χ0) is 14.7. The van der Waals surface area contributed by atoms with Gasteiger partial charge in [-0.05, 0) is 37.3 Å². The van der Waals surface area contributed by atoms with E-state index in [4.69, 9.17) is 17.0 Å². The number of hydrogen-bond donors (Lipinski definition) is 2. The van der Waals surface area contributed by atoms with Gasteiger partial charge in [0.2, 0.25) is 0 Å². The molecule has 2 aromatic carbocycles. The number of ether oxygens (including phenoxy) is 1. The van der Waals surface area contributed by atoms with Crippen LogP contribution in [0.4, 0.5) is 5.69 Å². The molecule has 0 amide bonds. The predicted octanol–water partition coefficient (Wildman–Crippen LogP) is 3.81. The first kappa shape index (κ1) is 13.9. The average molecular weight is 298 g/mol. The topological polar surface area (TPSA) is 33.3 Å². The number of fused-ring (bicyclic) bond motifs is 1. The van der Waals surface area contributed by atoms with Crippen LogP contribution in [0.15, 0.2) is 48.5 Å². The van der Waals surface area contributed by atoms with Crippen molar-refractivity contribution >= 4 is 23.0 Å². The minimum atomic E-state index is 0.195. The minimum Gasteiger partial charge on any atom is -0.493 e. The first-order valence-corrected chi connectivity index (χ1v) is 7.49. The van der Waals surface area contributed by atoms with Crippen LogP contribution in [0.1, 0.15) is 23.6 Å². The fourth-order valence-corrected chi connectivity index (χ4v) is 2.71. The Hall–Kier alpha value is -2.07. The molecular weight excluding hydrogens is 280 g/mol. The average Bonchev–Trinajstić information content (AvgIpc) is 2.50. The molecule has 0 aromatic heterocycles. The van der Waals surface area contributed by atoms with Crippen molar-refractivity contribution in [2.24, 2.45) is 0 Å². The molecule has 1 atom stereocenters. The van der Waals surface area contributed by atoms with Crippen LogP contribution in [-0.2, 0) is 0 Å². The summed E-state index contributed by atoms with van der Waals surface area (Å²) in [5.41, 5.74) is 3.40. The van der Waals surface area contributed by atoms with E-state index in [-0.39, 0.29) is 6.04 Å². The van der Waals surface area contributed by atoms with Gasteiger partial charge in [0.1, 0.15) is 5.75 Å². The quantitative estimate of drug-likeness (QED) is 0.826. The second-order valence-corrected chi connectivity index (χ2v) is 5.60. The van der Waals surface area contributed by atoms with Crippen LogP contribution in [0.5, 0.6) is 5.75 Å². The molecule has 108 valence electrons. The highest BCUT2D eigenvalue weighted by molar-refractivity contribution is 7.80. The third kappa shape index (κ3) is 3.34. The van der Waals surface area contributed by atoms with E-state index in [2.05, 4.69) is 35.8 Å². The minimum absolute atomic E-state index is 0.195. The molecule has 0 aliphatic carbocycles. The van der Waals surface area contributed by atoms with Crippen molar-refractivity contribution in [3.63, 3.8) is 0 Å². The zero-order valence-electron chi connectivity index (χ0n) is 11.9. The van der Waals surface area contributed by atoms with Crippen molar-refractivity contribution in [2.45, 2.75) is 19.4 Å². The number of benzene rings is 2. The third-order valence-electron chi connectivity index (χ3n) is 3.57. The predicted molar refractivity (Wildman–Crippen MR) is 89.8 cm³/mol. The number of para-hydroxylation sites is 1. The molecule has 2 aromatic rings. The van der Waals surface area contributed by atoms with E-state index < -0.39 is 0 Å². The highest BCUT2D eigenvalue weighted by atomic mass is 32.1. The van der Waals surface area contributed by atoms with E-state index in [9.17, 15) is 0 Å². The molecular formula is C17H18N2OS. The van der Waals surface area contributed by atoms with Crippen LogP contribution in [0.25, 0.3) is 0 Å². The van der Waals surface area contributed by atoms with E-state index in [0.29, 0.717) is 11.7 Å². The lowest BCUT2D eigenvalue weighted by atomic mass is 10.0. The Balaban J connectivity index is 1.67. The number of aryl methyl sites for hydroxylation is 1. The number of nitrogens with one attached hydrogen (secondary N) is 2. The lowest BCUT2D eigenvalue weighted by Crippen LogP contribution is -2.35. The van der Waals surface area contributed by atoms with Crippen molar-refractivity contribution in [3.05, 3.63) is 59.7 Å². The molecule has 0 spiro atoms. The molecule has 1 aliphatic rings. The normalized spacial score (nSPS) is 16.5. The second-order valence-electron chi connectivity index (χ2n) is 5.19. The molecule has 0 fully saturated rings. The molecule has 21 heavy (non-hydrogen) atoms. The second kappa shape index (κ2) is 6.14. The molecule has 3 nitrogen and oxygen atoms in total. The van der Waals surface area contributed by atoms with Crippen molar-refractivity contribution in [2.75, 3.05) is 11.9 Å². The molecule has 0 radical (unpaired) electrons. The molecule has 0 saturated carbocycles. The maximum atomic E-state index is 5.66. The van der Waals surface area contributed by atoms with Crippen LogP contribution in [0.3, 0.4) is 0 Å². The Bertz CT molecular complexity index is 639. The SMILES string of the molecule is Cc1ccc(NC(=S)N[C@@H]2CCOc3ccccc32)cc1. The highest BCUT2D eigenvalue weighted by Gasteiger charge is 2.21. The van der Waals surface area contributed by atoms with Crippen LogP contribution >= 0.6 is 12.2 Å². The summed E-state index contributed by atoms with van der Waals surface area (Å²) in [6.07, 6.45) is 0.909. The van der Waals surface area contributed by atoms with Crippen LogP contribution in [0.2, 0.25) is 0 Å². The summed E-state index contributed by atoms with van der Waals surface area (Å²) in [7, 11) is 0. The maximum absolute atomic E-state index is 5.66. The summed E-state index contributed by atoms with van der Waals surface area (Å²) in [6.45, 7) is 2.78. The van der Waals surface area contributed by atoms with Crippen molar-refractivity contribution in [1.82, 2.24) is 5.32 Å². The van der Waals surface area contributed by atoms with E-state index in [1.807, 2.05) is 30.3 Å². The van der Waals surface area contributed by atoms with E-state index in [1.165, 1.54) is 5.56 Å². The maximum Gasteiger partial charge on any atom is 0.171 e. The van der Waals surface area contributed by atoms with Gasteiger partial charge in [0.15, 0.2) is 5.11 Å². The first-order valence-electron chi connectivity index (χ1n) is 7.08. The highest BCUT2D eigenvalue weighted by Crippen LogP contribution is 2.31. The Morgan fingerprint density at radius 3 is 2.71 bits per heavy atom. The molecule has 2 N–H and O–H groups in total. The number of rotatable bonds is 2. The van der Waals surface area contributed by atoms with Gasteiger partial charge in [-0.1, -0.05) is 35.9 Å². The van der Waals surface area contributed by atoms with Gasteiger partial charge >= 0.3 is 0 Å². The largest absolute Gasteiger partial charge is 0.493 e. The summed E-state index contributed by atoms with van der Waals surface area (Å²) in [5, 5.41) is 7.24. The molecule has 1 aliphatic heterocycles. The standard InChI is InChI=1S/C17H18N2OS/c1-12-6-8-13(9-7-12)18-17(21)19-15-10-11-20-16-5-3-2-4-14(15)16/h2-9,15H,10-11H2,1H3,(H2,18,19,21)/t15-/m1/s1. The summed E-state index contributed by atoms with van der Waals surface area (Å²) < 4.78 is 5.66. The molecule has 0 saturated heterocycles. The fraction of sp³-hybridized carbons (Fsp3) is 0.235. The van der Waals surface area contributed by atoms with Crippen LogP contribution in [-0.4, -0.2) is 11.7 Å². The van der Waals surface area contributed by atoms with Gasteiger partial charge < -0.3 is 15.4 Å². The van der Waals surface area contributed by atoms with Crippen LogP contribution < -0.4 is 15.4 Å². The van der Waals surface area contributed by atoms with Crippen molar-refractivity contribution < 1.29 is 4.74 Å². The molecule has 1 heterocycles. The molecule has 4 heteroatoms. The van der Waals surface area contributed by atoms with Gasteiger partial charge in [-0.15, -0.1) is 0 Å². The van der Waals surface area contributed by atoms with Gasteiger partial charge in [-0.2, -0.15) is 0 Å². The summed E-state index contributed by atoms with van der Waals surface area (Å²) >= 11 is 5.42. The van der Waals surface area contributed by atoms with Gasteiger partial charge in [-0.25, -0.2) is 0 Å². The van der Waals surface area contributed by atoms with Crippen LogP contribution in [0, 0.1) is 6.92 Å². The van der Waals surface area contributed by atoms with Crippen molar-refractivity contribution in [3.8, 4) is 5.75 Å². The lowest BCUT2D eigenvalue weighted by Gasteiger charge is -2.27. The van der Waals surface area contributed by atoms with Gasteiger partial charge in [0.05, 0.1) is 12.6 Å². The number of anilines is 1. The number of thiocarbonyl (C=S) groups is 1. The third-order valence-corrected chi connectivity index (χ3v) is 3.79. The molecule has 3 rings (SSSR count). The Morgan fingerprint density at radius 2 is 1.90 bits per heavy atom. The van der Waals surface area contributed by atoms with Gasteiger partial charge in [0.25, 0.3) is 0 Å². The smallest absolute Gasteiger partial charge is 0.171 e. The zero-order valence-corrected chi connectivity index (χ0v) is 12.7. The summed E-state index contributed by atoms with van der Waals surface area (Å²) in [4.78, 5) is 0. The molecule has 0 unspecified atom stereocenters. The Labute approximate surface area is 130 Å². The van der Waals surface area contributed by atoms with Crippen molar-refractivity contribution in [1.29, 1.82) is 0 Å².